The Morgan fingerprint density at radius 3 is 2.77 bits per heavy atom. The maximum atomic E-state index is 12.4. The summed E-state index contributed by atoms with van der Waals surface area (Å²) in [5, 5.41) is 11.9. The number of benzene rings is 1. The van der Waals surface area contributed by atoms with Gasteiger partial charge in [-0.05, 0) is 36.8 Å². The highest BCUT2D eigenvalue weighted by molar-refractivity contribution is 7.14. The number of nitrogens with one attached hydrogen (secondary N) is 2. The van der Waals surface area contributed by atoms with E-state index >= 15 is 0 Å². The van der Waals surface area contributed by atoms with E-state index in [-0.39, 0.29) is 30.0 Å². The third-order valence-electron chi connectivity index (χ3n) is 4.31. The second-order valence-corrected chi connectivity index (χ2v) is 7.33. The average Bonchev–Trinajstić information content (AvgIpc) is 3.51. The summed E-state index contributed by atoms with van der Waals surface area (Å²) < 4.78 is 6.71. The standard InChI is InChI=1S/C20H18N6O3S/c1-13(14-4-6-16(7-5-14)26-12-21-11-22-26)23-18(27)9-15-10-30-20(24-15)25-19(28)17-3-2-8-29-17/h2-8,10-13H,9H2,1H3,(H,23,27)(H,24,25,28). The van der Waals surface area contributed by atoms with Crippen molar-refractivity contribution in [3.8, 4) is 5.69 Å². The summed E-state index contributed by atoms with van der Waals surface area (Å²) in [5.74, 6) is -0.335. The van der Waals surface area contributed by atoms with Crippen LogP contribution in [-0.2, 0) is 11.2 Å². The van der Waals surface area contributed by atoms with Crippen molar-refractivity contribution in [1.82, 2.24) is 25.1 Å². The fourth-order valence-electron chi connectivity index (χ4n) is 2.81. The molecule has 0 saturated carbocycles. The zero-order chi connectivity index (χ0) is 20.9. The fraction of sp³-hybridized carbons (Fsp3) is 0.150. The predicted molar refractivity (Wildman–Crippen MR) is 110 cm³/mol. The molecule has 0 aliphatic rings. The lowest BCUT2D eigenvalue weighted by Gasteiger charge is -2.14. The molecule has 0 aliphatic heterocycles. The van der Waals surface area contributed by atoms with Gasteiger partial charge in [-0.1, -0.05) is 12.1 Å². The van der Waals surface area contributed by atoms with Gasteiger partial charge in [0.15, 0.2) is 10.9 Å². The Balaban J connectivity index is 1.31. The number of carbonyl (C=O) groups is 2. The molecule has 2 amide bonds. The Kier molecular flexibility index (Phi) is 5.66. The molecule has 9 nitrogen and oxygen atoms in total. The second-order valence-electron chi connectivity index (χ2n) is 6.47. The van der Waals surface area contributed by atoms with E-state index in [0.717, 1.165) is 11.3 Å². The van der Waals surface area contributed by atoms with Gasteiger partial charge in [0.2, 0.25) is 5.91 Å². The van der Waals surface area contributed by atoms with E-state index in [1.54, 1.807) is 28.5 Å². The minimum absolute atomic E-state index is 0.120. The lowest BCUT2D eigenvalue weighted by atomic mass is 10.1. The Bertz CT molecular complexity index is 1120. The minimum Gasteiger partial charge on any atom is -0.459 e. The van der Waals surface area contributed by atoms with Gasteiger partial charge in [0, 0.05) is 5.38 Å². The van der Waals surface area contributed by atoms with E-state index < -0.39 is 0 Å². The van der Waals surface area contributed by atoms with Gasteiger partial charge in [-0.3, -0.25) is 14.9 Å². The molecule has 0 aliphatic carbocycles. The molecule has 1 aromatic carbocycles. The minimum atomic E-state index is -0.381. The van der Waals surface area contributed by atoms with Gasteiger partial charge in [0.05, 0.1) is 30.1 Å². The zero-order valence-electron chi connectivity index (χ0n) is 16.0. The molecule has 3 aromatic heterocycles. The summed E-state index contributed by atoms with van der Waals surface area (Å²) in [5.41, 5.74) is 2.44. The summed E-state index contributed by atoms with van der Waals surface area (Å²) in [7, 11) is 0. The van der Waals surface area contributed by atoms with E-state index in [9.17, 15) is 9.59 Å². The predicted octanol–water partition coefficient (Wildman–Crippen LogP) is 2.99. The Morgan fingerprint density at radius 1 is 1.23 bits per heavy atom. The molecular formula is C20H18N6O3S. The van der Waals surface area contributed by atoms with E-state index in [4.69, 9.17) is 4.42 Å². The largest absolute Gasteiger partial charge is 0.459 e. The highest BCUT2D eigenvalue weighted by Gasteiger charge is 2.14. The van der Waals surface area contributed by atoms with Crippen LogP contribution in [0.2, 0.25) is 0 Å². The molecule has 1 unspecified atom stereocenters. The van der Waals surface area contributed by atoms with Gasteiger partial charge in [0.25, 0.3) is 5.91 Å². The maximum Gasteiger partial charge on any atom is 0.293 e. The van der Waals surface area contributed by atoms with Crippen LogP contribution in [-0.4, -0.2) is 31.6 Å². The molecule has 3 heterocycles. The van der Waals surface area contributed by atoms with Crippen molar-refractivity contribution in [2.45, 2.75) is 19.4 Å². The molecule has 0 bridgehead atoms. The first kappa shape index (κ1) is 19.5. The van der Waals surface area contributed by atoms with Crippen LogP contribution in [0.4, 0.5) is 5.13 Å². The van der Waals surface area contributed by atoms with Crippen LogP contribution < -0.4 is 10.6 Å². The second kappa shape index (κ2) is 8.70. The van der Waals surface area contributed by atoms with Crippen molar-refractivity contribution in [1.29, 1.82) is 0 Å². The summed E-state index contributed by atoms with van der Waals surface area (Å²) >= 11 is 1.25. The van der Waals surface area contributed by atoms with Gasteiger partial charge in [0.1, 0.15) is 12.7 Å². The van der Waals surface area contributed by atoms with Crippen LogP contribution >= 0.6 is 11.3 Å². The van der Waals surface area contributed by atoms with Crippen molar-refractivity contribution in [3.63, 3.8) is 0 Å². The van der Waals surface area contributed by atoms with Gasteiger partial charge in [-0.2, -0.15) is 5.10 Å². The number of aromatic nitrogens is 4. The summed E-state index contributed by atoms with van der Waals surface area (Å²) in [6.07, 6.45) is 4.65. The first-order valence-corrected chi connectivity index (χ1v) is 10.00. The van der Waals surface area contributed by atoms with Crippen LogP contribution in [0.25, 0.3) is 5.69 Å². The topological polar surface area (TPSA) is 115 Å². The molecule has 4 aromatic rings. The SMILES string of the molecule is CC(NC(=O)Cc1csc(NC(=O)c2ccco2)n1)c1ccc(-n2cncn2)cc1. The molecule has 152 valence electrons. The molecular weight excluding hydrogens is 404 g/mol. The molecule has 4 rings (SSSR count). The van der Waals surface area contributed by atoms with Crippen LogP contribution in [0.15, 0.2) is 65.1 Å². The van der Waals surface area contributed by atoms with E-state index in [1.807, 2.05) is 31.2 Å². The van der Waals surface area contributed by atoms with Crippen molar-refractivity contribution in [2.24, 2.45) is 0 Å². The fourth-order valence-corrected chi connectivity index (χ4v) is 3.51. The highest BCUT2D eigenvalue weighted by atomic mass is 32.1. The van der Waals surface area contributed by atoms with Crippen molar-refractivity contribution in [3.05, 3.63) is 77.7 Å². The molecule has 30 heavy (non-hydrogen) atoms. The number of hydrogen-bond acceptors (Lipinski definition) is 7. The molecule has 0 radical (unpaired) electrons. The van der Waals surface area contributed by atoms with Crippen LogP contribution in [0, 0.1) is 0 Å². The number of anilines is 1. The van der Waals surface area contributed by atoms with Crippen molar-refractivity contribution < 1.29 is 14.0 Å². The molecule has 10 heteroatoms. The Labute approximate surface area is 175 Å². The lowest BCUT2D eigenvalue weighted by molar-refractivity contribution is -0.121. The number of carbonyl (C=O) groups excluding carboxylic acids is 2. The summed E-state index contributed by atoms with van der Waals surface area (Å²) in [6, 6.07) is 10.7. The third kappa shape index (κ3) is 4.61. The van der Waals surface area contributed by atoms with Crippen LogP contribution in [0.5, 0.6) is 0 Å². The Hall–Kier alpha value is -3.79. The highest BCUT2D eigenvalue weighted by Crippen LogP contribution is 2.18. The van der Waals surface area contributed by atoms with Crippen LogP contribution in [0.3, 0.4) is 0 Å². The molecule has 0 saturated heterocycles. The first-order valence-electron chi connectivity index (χ1n) is 9.12. The number of furan rings is 1. The van der Waals surface area contributed by atoms with E-state index in [1.165, 1.54) is 23.9 Å². The summed E-state index contributed by atoms with van der Waals surface area (Å²) in [6.45, 7) is 1.92. The molecule has 0 fully saturated rings. The number of amides is 2. The number of hydrogen-bond donors (Lipinski definition) is 2. The molecule has 0 spiro atoms. The number of nitrogens with zero attached hydrogens (tertiary/aromatic N) is 4. The first-order chi connectivity index (χ1) is 14.6. The normalized spacial score (nSPS) is 11.8. The third-order valence-corrected chi connectivity index (χ3v) is 5.12. The average molecular weight is 422 g/mol. The number of rotatable bonds is 7. The summed E-state index contributed by atoms with van der Waals surface area (Å²) in [4.78, 5) is 32.6. The van der Waals surface area contributed by atoms with Gasteiger partial charge >= 0.3 is 0 Å². The van der Waals surface area contributed by atoms with E-state index in [2.05, 4.69) is 25.7 Å². The quantitative estimate of drug-likeness (QED) is 0.473. The van der Waals surface area contributed by atoms with Crippen molar-refractivity contribution >= 4 is 28.3 Å². The van der Waals surface area contributed by atoms with Gasteiger partial charge < -0.3 is 9.73 Å². The van der Waals surface area contributed by atoms with E-state index in [0.29, 0.717) is 10.8 Å². The van der Waals surface area contributed by atoms with Crippen molar-refractivity contribution in [2.75, 3.05) is 5.32 Å². The zero-order valence-corrected chi connectivity index (χ0v) is 16.8. The van der Waals surface area contributed by atoms with Gasteiger partial charge in [-0.25, -0.2) is 14.6 Å². The Morgan fingerprint density at radius 2 is 2.07 bits per heavy atom. The monoisotopic (exact) mass is 422 g/mol. The maximum absolute atomic E-state index is 12.4. The van der Waals surface area contributed by atoms with Crippen LogP contribution in [0.1, 0.15) is 34.8 Å². The smallest absolute Gasteiger partial charge is 0.293 e. The molecule has 1 atom stereocenters. The molecule has 2 N–H and O–H groups in total. The van der Waals surface area contributed by atoms with Gasteiger partial charge in [-0.15, -0.1) is 11.3 Å². The lowest BCUT2D eigenvalue weighted by Crippen LogP contribution is -2.28. The number of thiazole rings is 1.